The SMILES string of the molecule is C=CCN(Cc1ccccc1)C(=O)[C@H]1[C@H]2C(=O)N(CCO)C(C(=O)N(CC=C)c3ccc(N(CC)CC)cc3)C23CC[C@]1(CC)O3. The molecular formula is C37H48N4O5. The van der Waals surface area contributed by atoms with Crippen LogP contribution in [0.15, 0.2) is 79.9 Å². The summed E-state index contributed by atoms with van der Waals surface area (Å²) in [5, 5.41) is 10.1. The summed E-state index contributed by atoms with van der Waals surface area (Å²) in [5.41, 5.74) is 0.656. The van der Waals surface area contributed by atoms with E-state index in [9.17, 15) is 19.5 Å². The van der Waals surface area contributed by atoms with Gasteiger partial charge in [-0.1, -0.05) is 49.4 Å². The summed E-state index contributed by atoms with van der Waals surface area (Å²) >= 11 is 0. The molecule has 246 valence electrons. The summed E-state index contributed by atoms with van der Waals surface area (Å²) in [7, 11) is 0. The van der Waals surface area contributed by atoms with Crippen LogP contribution >= 0.6 is 0 Å². The number of likely N-dealkylation sites (tertiary alicyclic amines) is 1. The fourth-order valence-electron chi connectivity index (χ4n) is 8.14. The number of aliphatic hydroxyl groups is 1. The van der Waals surface area contributed by atoms with Crippen molar-refractivity contribution in [3.63, 3.8) is 0 Å². The van der Waals surface area contributed by atoms with Crippen molar-refractivity contribution in [3.05, 3.63) is 85.5 Å². The van der Waals surface area contributed by atoms with Crippen LogP contribution < -0.4 is 9.80 Å². The Morgan fingerprint density at radius 2 is 1.61 bits per heavy atom. The number of benzene rings is 2. The standard InChI is InChI=1S/C37H48N4O5/c1-6-22-39(26-27-14-12-11-13-15-27)33(43)30-31-34(44)41(24-25-42)32(37(31)21-20-36(30,8-3)46-37)35(45)40(23-7-2)29-18-16-28(17-19-29)38(9-4)10-5/h6-7,11-19,30-32,42H,1-2,8-10,20-26H2,3-5H3/t30-,31+,32?,36+,37?/m1/s1. The van der Waals surface area contributed by atoms with Crippen LogP contribution in [0.4, 0.5) is 11.4 Å². The number of hydrogen-bond donors (Lipinski definition) is 1. The van der Waals surface area contributed by atoms with Crippen LogP contribution in [0.3, 0.4) is 0 Å². The van der Waals surface area contributed by atoms with Gasteiger partial charge in [0.25, 0.3) is 5.91 Å². The van der Waals surface area contributed by atoms with Crippen LogP contribution in [0.5, 0.6) is 0 Å². The van der Waals surface area contributed by atoms with E-state index in [0.29, 0.717) is 38.0 Å². The number of aliphatic hydroxyl groups excluding tert-OH is 1. The van der Waals surface area contributed by atoms with Gasteiger partial charge in [0.1, 0.15) is 11.6 Å². The molecule has 2 bridgehead atoms. The molecule has 9 nitrogen and oxygen atoms in total. The first-order chi connectivity index (χ1) is 22.2. The molecule has 1 N–H and O–H groups in total. The molecule has 0 aliphatic carbocycles. The molecule has 2 aromatic carbocycles. The third-order valence-electron chi connectivity index (χ3n) is 10.3. The lowest BCUT2D eigenvalue weighted by atomic mass is 9.64. The van der Waals surface area contributed by atoms with E-state index in [1.807, 2.05) is 61.5 Å². The quantitative estimate of drug-likeness (QED) is 0.294. The van der Waals surface area contributed by atoms with Gasteiger partial charge in [0.15, 0.2) is 0 Å². The van der Waals surface area contributed by atoms with Gasteiger partial charge in [-0.3, -0.25) is 14.4 Å². The first kappa shape index (κ1) is 33.4. The Morgan fingerprint density at radius 1 is 0.957 bits per heavy atom. The van der Waals surface area contributed by atoms with E-state index in [1.165, 1.54) is 4.90 Å². The van der Waals surface area contributed by atoms with Gasteiger partial charge in [0.05, 0.1) is 24.0 Å². The highest BCUT2D eigenvalue weighted by molar-refractivity contribution is 6.05. The minimum absolute atomic E-state index is 0.0277. The highest BCUT2D eigenvalue weighted by atomic mass is 16.5. The minimum atomic E-state index is -1.19. The van der Waals surface area contributed by atoms with E-state index in [4.69, 9.17) is 4.74 Å². The van der Waals surface area contributed by atoms with Crippen molar-refractivity contribution in [1.29, 1.82) is 0 Å². The second kappa shape index (κ2) is 13.8. The molecular weight excluding hydrogens is 580 g/mol. The van der Waals surface area contributed by atoms with Gasteiger partial charge < -0.3 is 29.4 Å². The average Bonchev–Trinajstić information content (AvgIpc) is 3.68. The Morgan fingerprint density at radius 3 is 2.20 bits per heavy atom. The second-order valence-corrected chi connectivity index (χ2v) is 12.5. The Hall–Kier alpha value is -3.95. The number of amides is 3. The predicted octanol–water partition coefficient (Wildman–Crippen LogP) is 4.41. The Kier molecular flexibility index (Phi) is 10.0. The molecule has 3 aliphatic heterocycles. The molecule has 9 heteroatoms. The molecule has 0 radical (unpaired) electrons. The molecule has 3 aliphatic rings. The maximum absolute atomic E-state index is 14.8. The normalized spacial score (nSPS) is 26.1. The zero-order chi connectivity index (χ0) is 33.1. The van der Waals surface area contributed by atoms with Gasteiger partial charge in [0.2, 0.25) is 11.8 Å². The van der Waals surface area contributed by atoms with Gasteiger partial charge >= 0.3 is 0 Å². The molecule has 3 amide bonds. The summed E-state index contributed by atoms with van der Waals surface area (Å²) in [6, 6.07) is 16.6. The van der Waals surface area contributed by atoms with Crippen LogP contribution in [-0.4, -0.2) is 89.2 Å². The van der Waals surface area contributed by atoms with Gasteiger partial charge in [-0.25, -0.2) is 0 Å². The number of nitrogens with zero attached hydrogens (tertiary/aromatic N) is 4. The number of ether oxygens (including phenoxy) is 1. The van der Waals surface area contributed by atoms with E-state index in [-0.39, 0.29) is 37.4 Å². The van der Waals surface area contributed by atoms with Crippen molar-refractivity contribution in [2.24, 2.45) is 11.8 Å². The lowest BCUT2D eigenvalue weighted by Gasteiger charge is -2.37. The number of fused-ring (bicyclic) bond motifs is 1. The van der Waals surface area contributed by atoms with E-state index in [0.717, 1.165) is 24.3 Å². The van der Waals surface area contributed by atoms with Gasteiger partial charge in [-0.05, 0) is 62.9 Å². The number of carbonyl (C=O) groups is 3. The van der Waals surface area contributed by atoms with Crippen molar-refractivity contribution in [2.75, 3.05) is 49.1 Å². The first-order valence-electron chi connectivity index (χ1n) is 16.6. The van der Waals surface area contributed by atoms with Gasteiger partial charge in [-0.15, -0.1) is 13.2 Å². The highest BCUT2D eigenvalue weighted by Gasteiger charge is 2.79. The molecule has 3 fully saturated rings. The van der Waals surface area contributed by atoms with E-state index in [2.05, 4.69) is 31.9 Å². The summed E-state index contributed by atoms with van der Waals surface area (Å²) < 4.78 is 6.96. The molecule has 0 aromatic heterocycles. The average molecular weight is 629 g/mol. The largest absolute Gasteiger partial charge is 0.395 e. The molecule has 3 heterocycles. The molecule has 2 unspecified atom stereocenters. The third kappa shape index (κ3) is 5.53. The Balaban J connectivity index is 1.54. The number of β-amino-alcohol motifs (C(OH)–C–C–N with tert-alkyl or cyclic N) is 1. The fourth-order valence-corrected chi connectivity index (χ4v) is 8.14. The van der Waals surface area contributed by atoms with Gasteiger partial charge in [-0.2, -0.15) is 0 Å². The first-order valence-corrected chi connectivity index (χ1v) is 16.6. The molecule has 46 heavy (non-hydrogen) atoms. The van der Waals surface area contributed by atoms with E-state index in [1.54, 1.807) is 22.0 Å². The smallest absolute Gasteiger partial charge is 0.253 e. The van der Waals surface area contributed by atoms with Crippen LogP contribution in [0.2, 0.25) is 0 Å². The third-order valence-corrected chi connectivity index (χ3v) is 10.3. The van der Waals surface area contributed by atoms with E-state index < -0.39 is 29.1 Å². The number of hydrogen-bond acceptors (Lipinski definition) is 6. The van der Waals surface area contributed by atoms with Gasteiger partial charge in [0, 0.05) is 50.6 Å². The molecule has 3 saturated heterocycles. The van der Waals surface area contributed by atoms with Crippen LogP contribution in [-0.2, 0) is 25.7 Å². The van der Waals surface area contributed by atoms with Crippen molar-refractivity contribution in [2.45, 2.75) is 63.8 Å². The van der Waals surface area contributed by atoms with Crippen molar-refractivity contribution < 1.29 is 24.2 Å². The Bertz CT molecular complexity index is 1430. The summed E-state index contributed by atoms with van der Waals surface area (Å²) in [4.78, 5) is 50.9. The summed E-state index contributed by atoms with van der Waals surface area (Å²) in [6.07, 6.45) is 4.94. The lowest BCUT2D eigenvalue weighted by Crippen LogP contribution is -2.57. The lowest BCUT2D eigenvalue weighted by molar-refractivity contribution is -0.151. The van der Waals surface area contributed by atoms with Crippen LogP contribution in [0, 0.1) is 11.8 Å². The number of carbonyl (C=O) groups excluding carboxylic acids is 3. The molecule has 2 aromatic rings. The minimum Gasteiger partial charge on any atom is -0.395 e. The zero-order valence-corrected chi connectivity index (χ0v) is 27.4. The Labute approximate surface area is 273 Å². The molecule has 1 spiro atoms. The summed E-state index contributed by atoms with van der Waals surface area (Å²) in [5.74, 6) is -2.38. The molecule has 0 saturated carbocycles. The second-order valence-electron chi connectivity index (χ2n) is 12.5. The van der Waals surface area contributed by atoms with Crippen molar-refractivity contribution in [3.8, 4) is 0 Å². The van der Waals surface area contributed by atoms with Crippen LogP contribution in [0.25, 0.3) is 0 Å². The zero-order valence-electron chi connectivity index (χ0n) is 27.4. The highest BCUT2D eigenvalue weighted by Crippen LogP contribution is 2.64. The van der Waals surface area contributed by atoms with E-state index >= 15 is 0 Å². The number of anilines is 2. The molecule has 5 atom stereocenters. The van der Waals surface area contributed by atoms with Crippen molar-refractivity contribution in [1.82, 2.24) is 9.80 Å². The van der Waals surface area contributed by atoms with Crippen molar-refractivity contribution >= 4 is 29.1 Å². The maximum Gasteiger partial charge on any atom is 0.253 e. The summed E-state index contributed by atoms with van der Waals surface area (Å²) in [6.45, 7) is 16.3. The maximum atomic E-state index is 14.8. The number of rotatable bonds is 15. The monoisotopic (exact) mass is 628 g/mol. The topological polar surface area (TPSA) is 93.6 Å². The fraction of sp³-hybridized carbons (Fsp3) is 0.486. The molecule has 5 rings (SSSR count). The predicted molar refractivity (Wildman–Crippen MR) is 180 cm³/mol. The van der Waals surface area contributed by atoms with Crippen LogP contribution in [0.1, 0.15) is 45.6 Å².